The van der Waals surface area contributed by atoms with Crippen molar-refractivity contribution in [3.05, 3.63) is 176 Å². The smallest absolute Gasteiger partial charge is 0.0476 e. The molecule has 0 N–H and O–H groups in total. The van der Waals surface area contributed by atoms with Crippen molar-refractivity contribution in [1.82, 2.24) is 0 Å². The topological polar surface area (TPSA) is 3.24 Å². The molecular formula is C44H29NS. The average Bonchev–Trinajstić information content (AvgIpc) is 3.50. The van der Waals surface area contributed by atoms with Crippen molar-refractivity contribution in [3.8, 4) is 22.3 Å². The number of thiophene rings is 1. The molecule has 9 rings (SSSR count). The molecule has 216 valence electrons. The van der Waals surface area contributed by atoms with E-state index in [9.17, 15) is 0 Å². The Morgan fingerprint density at radius 3 is 1.63 bits per heavy atom. The van der Waals surface area contributed by atoms with Crippen LogP contribution < -0.4 is 4.90 Å². The predicted octanol–water partition coefficient (Wildman–Crippen LogP) is 13.2. The molecule has 46 heavy (non-hydrogen) atoms. The summed E-state index contributed by atoms with van der Waals surface area (Å²) in [6.07, 6.45) is 0. The van der Waals surface area contributed by atoms with Crippen molar-refractivity contribution >= 4 is 70.1 Å². The molecule has 0 unspecified atom stereocenters. The molecule has 9 aromatic rings. The maximum atomic E-state index is 2.38. The summed E-state index contributed by atoms with van der Waals surface area (Å²) >= 11 is 1.86. The normalized spacial score (nSPS) is 11.5. The minimum atomic E-state index is 1.13. The molecule has 1 nitrogen and oxygen atoms in total. The van der Waals surface area contributed by atoms with Crippen molar-refractivity contribution in [2.24, 2.45) is 0 Å². The van der Waals surface area contributed by atoms with Gasteiger partial charge in [-0.1, -0.05) is 127 Å². The molecule has 0 spiro atoms. The van der Waals surface area contributed by atoms with Crippen LogP contribution in [0.5, 0.6) is 0 Å². The average molecular weight is 604 g/mol. The second-order valence-corrected chi connectivity index (χ2v) is 12.8. The summed E-state index contributed by atoms with van der Waals surface area (Å²) in [7, 11) is 0. The monoisotopic (exact) mass is 603 g/mol. The zero-order valence-electron chi connectivity index (χ0n) is 25.1. The van der Waals surface area contributed by atoms with Gasteiger partial charge in [-0.3, -0.25) is 0 Å². The number of nitrogens with zero attached hydrogens (tertiary/aromatic N) is 1. The maximum Gasteiger partial charge on any atom is 0.0476 e. The van der Waals surface area contributed by atoms with Gasteiger partial charge in [0.25, 0.3) is 0 Å². The summed E-state index contributed by atoms with van der Waals surface area (Å²) in [6, 6.07) is 63.9. The van der Waals surface area contributed by atoms with Gasteiger partial charge >= 0.3 is 0 Å². The van der Waals surface area contributed by atoms with Gasteiger partial charge in [0.1, 0.15) is 0 Å². The summed E-state index contributed by atoms with van der Waals surface area (Å²) in [5, 5.41) is 7.74. The van der Waals surface area contributed by atoms with Gasteiger partial charge in [-0.2, -0.15) is 0 Å². The summed E-state index contributed by atoms with van der Waals surface area (Å²) in [6.45, 7) is 0. The highest BCUT2D eigenvalue weighted by atomic mass is 32.1. The van der Waals surface area contributed by atoms with E-state index in [0.717, 1.165) is 17.1 Å². The van der Waals surface area contributed by atoms with E-state index in [1.807, 2.05) is 11.3 Å². The lowest BCUT2D eigenvalue weighted by atomic mass is 9.93. The number of hydrogen-bond donors (Lipinski definition) is 0. The third kappa shape index (κ3) is 4.54. The van der Waals surface area contributed by atoms with Crippen molar-refractivity contribution in [2.45, 2.75) is 0 Å². The Labute approximate surface area is 272 Å². The predicted molar refractivity (Wildman–Crippen MR) is 200 cm³/mol. The van der Waals surface area contributed by atoms with Crippen LogP contribution in [0.3, 0.4) is 0 Å². The highest BCUT2D eigenvalue weighted by molar-refractivity contribution is 7.25. The molecular weight excluding hydrogens is 575 g/mol. The van der Waals surface area contributed by atoms with Crippen LogP contribution in [0.1, 0.15) is 0 Å². The van der Waals surface area contributed by atoms with E-state index in [1.54, 1.807) is 0 Å². The first kappa shape index (κ1) is 26.7. The Kier molecular flexibility index (Phi) is 6.40. The first-order valence-electron chi connectivity index (χ1n) is 15.7. The first-order valence-corrected chi connectivity index (χ1v) is 16.5. The molecule has 0 bridgehead atoms. The first-order chi connectivity index (χ1) is 22.8. The molecule has 0 atom stereocenters. The number of anilines is 3. The van der Waals surface area contributed by atoms with Crippen LogP contribution in [0.4, 0.5) is 17.1 Å². The molecule has 0 saturated heterocycles. The van der Waals surface area contributed by atoms with Gasteiger partial charge in [-0.05, 0) is 92.3 Å². The fourth-order valence-electron chi connectivity index (χ4n) is 6.82. The third-order valence-electron chi connectivity index (χ3n) is 9.06. The molecule has 0 aliphatic heterocycles. The van der Waals surface area contributed by atoms with E-state index in [-0.39, 0.29) is 0 Å². The lowest BCUT2D eigenvalue weighted by Crippen LogP contribution is -2.09. The Hall–Kier alpha value is -5.70. The number of benzene rings is 8. The fraction of sp³-hybridized carbons (Fsp3) is 0. The van der Waals surface area contributed by atoms with E-state index in [4.69, 9.17) is 0 Å². The standard InChI is InChI=1S/C44H29NS/c1-2-10-30(11-3-1)31-18-22-34(23-19-31)45(36-26-27-41-40-16-8-9-17-43(40)46-44(41)29-36)35-24-20-32(21-25-35)42-28-33-12-4-5-13-37(33)38-14-6-7-15-39(38)42/h1-29H. The van der Waals surface area contributed by atoms with E-state index in [2.05, 4.69) is 181 Å². The van der Waals surface area contributed by atoms with Crippen LogP contribution >= 0.6 is 11.3 Å². The Morgan fingerprint density at radius 2 is 0.870 bits per heavy atom. The molecule has 0 aliphatic rings. The quantitative estimate of drug-likeness (QED) is 0.177. The summed E-state index contributed by atoms with van der Waals surface area (Å²) < 4.78 is 2.62. The maximum absolute atomic E-state index is 2.38. The van der Waals surface area contributed by atoms with Gasteiger partial charge in [-0.25, -0.2) is 0 Å². The second kappa shape index (κ2) is 11.0. The van der Waals surface area contributed by atoms with Crippen LogP contribution in [0.25, 0.3) is 64.0 Å². The van der Waals surface area contributed by atoms with Gasteiger partial charge in [0.15, 0.2) is 0 Å². The second-order valence-electron chi connectivity index (χ2n) is 11.8. The molecule has 0 aliphatic carbocycles. The fourth-order valence-corrected chi connectivity index (χ4v) is 7.96. The summed E-state index contributed by atoms with van der Waals surface area (Å²) in [5.41, 5.74) is 8.31. The molecule has 0 radical (unpaired) electrons. The van der Waals surface area contributed by atoms with E-state index in [1.165, 1.54) is 64.0 Å². The Bertz CT molecular complexity index is 2510. The van der Waals surface area contributed by atoms with Crippen molar-refractivity contribution < 1.29 is 0 Å². The van der Waals surface area contributed by atoms with E-state index in [0.29, 0.717) is 0 Å². The molecule has 0 amide bonds. The molecule has 1 aromatic heterocycles. The summed E-state index contributed by atoms with van der Waals surface area (Å²) in [5.74, 6) is 0. The van der Waals surface area contributed by atoms with Crippen LogP contribution in [0.2, 0.25) is 0 Å². The van der Waals surface area contributed by atoms with Gasteiger partial charge in [0.05, 0.1) is 0 Å². The van der Waals surface area contributed by atoms with Crippen LogP contribution in [-0.2, 0) is 0 Å². The number of hydrogen-bond acceptors (Lipinski definition) is 2. The Morgan fingerprint density at radius 1 is 0.326 bits per heavy atom. The molecule has 0 fully saturated rings. The van der Waals surface area contributed by atoms with Crippen LogP contribution in [0.15, 0.2) is 176 Å². The summed E-state index contributed by atoms with van der Waals surface area (Å²) in [4.78, 5) is 2.38. The number of fused-ring (bicyclic) bond motifs is 6. The van der Waals surface area contributed by atoms with Crippen molar-refractivity contribution in [2.75, 3.05) is 4.90 Å². The molecule has 1 heterocycles. The molecule has 8 aromatic carbocycles. The van der Waals surface area contributed by atoms with Gasteiger partial charge in [0.2, 0.25) is 0 Å². The van der Waals surface area contributed by atoms with Gasteiger partial charge in [-0.15, -0.1) is 11.3 Å². The SMILES string of the molecule is c1ccc(-c2ccc(N(c3ccc(-c4cc5ccccc5c5ccccc45)cc3)c3ccc4c(c3)sc3ccccc34)cc2)cc1. The third-order valence-corrected chi connectivity index (χ3v) is 10.2. The highest BCUT2D eigenvalue weighted by Crippen LogP contribution is 2.42. The van der Waals surface area contributed by atoms with Crippen LogP contribution in [0, 0.1) is 0 Å². The lowest BCUT2D eigenvalue weighted by molar-refractivity contribution is 1.29. The molecule has 0 saturated carbocycles. The van der Waals surface area contributed by atoms with Crippen molar-refractivity contribution in [3.63, 3.8) is 0 Å². The van der Waals surface area contributed by atoms with E-state index >= 15 is 0 Å². The largest absolute Gasteiger partial charge is 0.310 e. The van der Waals surface area contributed by atoms with Gasteiger partial charge < -0.3 is 4.90 Å². The molecule has 2 heteroatoms. The minimum absolute atomic E-state index is 1.13. The van der Waals surface area contributed by atoms with Gasteiger partial charge in [0, 0.05) is 37.2 Å². The zero-order chi connectivity index (χ0) is 30.5. The van der Waals surface area contributed by atoms with Crippen LogP contribution in [-0.4, -0.2) is 0 Å². The number of rotatable bonds is 5. The zero-order valence-corrected chi connectivity index (χ0v) is 25.9. The van der Waals surface area contributed by atoms with Crippen molar-refractivity contribution in [1.29, 1.82) is 0 Å². The highest BCUT2D eigenvalue weighted by Gasteiger charge is 2.16. The van der Waals surface area contributed by atoms with E-state index < -0.39 is 0 Å². The minimum Gasteiger partial charge on any atom is -0.310 e. The Balaban J connectivity index is 1.18. The lowest BCUT2D eigenvalue weighted by Gasteiger charge is -2.26.